The predicted octanol–water partition coefficient (Wildman–Crippen LogP) is 1.17. The zero-order valence-electron chi connectivity index (χ0n) is 8.75. The lowest BCUT2D eigenvalue weighted by atomic mass is 10.0. The van der Waals surface area contributed by atoms with E-state index in [1.54, 1.807) is 4.68 Å². The van der Waals surface area contributed by atoms with Crippen LogP contribution in [0.2, 0.25) is 0 Å². The van der Waals surface area contributed by atoms with E-state index in [4.69, 9.17) is 5.73 Å². The zero-order valence-corrected chi connectivity index (χ0v) is 8.75. The first-order chi connectivity index (χ1) is 7.20. The standard InChI is InChI=1S/C10H13N5/c1-7-5-3-4-6-9(7)8(2)15-10(11)12-13-14-15/h3-6,8H,1-2H3,(H2,11,12,14). The van der Waals surface area contributed by atoms with Gasteiger partial charge in [-0.1, -0.05) is 29.4 Å². The van der Waals surface area contributed by atoms with Crippen LogP contribution in [0.4, 0.5) is 5.95 Å². The normalized spacial score (nSPS) is 12.7. The maximum absolute atomic E-state index is 5.66. The Morgan fingerprint density at radius 2 is 2.07 bits per heavy atom. The smallest absolute Gasteiger partial charge is 0.240 e. The molecule has 0 radical (unpaired) electrons. The molecule has 0 spiro atoms. The second kappa shape index (κ2) is 3.68. The molecule has 0 fully saturated rings. The van der Waals surface area contributed by atoms with E-state index in [-0.39, 0.29) is 6.04 Å². The van der Waals surface area contributed by atoms with E-state index in [0.717, 1.165) is 0 Å². The molecule has 1 aromatic heterocycles. The fourth-order valence-corrected chi connectivity index (χ4v) is 1.66. The van der Waals surface area contributed by atoms with Gasteiger partial charge in [0.05, 0.1) is 6.04 Å². The molecular weight excluding hydrogens is 190 g/mol. The summed E-state index contributed by atoms with van der Waals surface area (Å²) in [7, 11) is 0. The Kier molecular flexibility index (Phi) is 2.37. The van der Waals surface area contributed by atoms with Gasteiger partial charge in [0, 0.05) is 0 Å². The van der Waals surface area contributed by atoms with E-state index in [2.05, 4.69) is 34.6 Å². The number of nitrogens with zero attached hydrogens (tertiary/aromatic N) is 4. The van der Waals surface area contributed by atoms with Gasteiger partial charge in [0.2, 0.25) is 5.95 Å². The minimum absolute atomic E-state index is 0.0567. The fourth-order valence-electron chi connectivity index (χ4n) is 1.66. The maximum Gasteiger partial charge on any atom is 0.240 e. The molecule has 0 bridgehead atoms. The summed E-state index contributed by atoms with van der Waals surface area (Å²) in [6, 6.07) is 8.18. The Labute approximate surface area is 87.9 Å². The summed E-state index contributed by atoms with van der Waals surface area (Å²) in [6.45, 7) is 4.08. The lowest BCUT2D eigenvalue weighted by Gasteiger charge is -2.14. The number of tetrazole rings is 1. The van der Waals surface area contributed by atoms with Crippen molar-refractivity contribution in [2.45, 2.75) is 19.9 Å². The molecule has 2 rings (SSSR count). The summed E-state index contributed by atoms with van der Waals surface area (Å²) in [6.07, 6.45) is 0. The van der Waals surface area contributed by atoms with E-state index in [1.165, 1.54) is 11.1 Å². The van der Waals surface area contributed by atoms with Crippen LogP contribution in [0, 0.1) is 6.92 Å². The highest BCUT2D eigenvalue weighted by Gasteiger charge is 2.13. The van der Waals surface area contributed by atoms with Crippen molar-refractivity contribution in [2.24, 2.45) is 0 Å². The number of hydrogen-bond acceptors (Lipinski definition) is 4. The average molecular weight is 203 g/mol. The van der Waals surface area contributed by atoms with Gasteiger partial charge in [0.25, 0.3) is 0 Å². The summed E-state index contributed by atoms with van der Waals surface area (Å²) < 4.78 is 1.61. The summed E-state index contributed by atoms with van der Waals surface area (Å²) in [5, 5.41) is 11.1. The molecule has 2 N–H and O–H groups in total. The van der Waals surface area contributed by atoms with Gasteiger partial charge in [-0.15, -0.1) is 0 Å². The van der Waals surface area contributed by atoms with Gasteiger partial charge < -0.3 is 5.73 Å². The summed E-state index contributed by atoms with van der Waals surface area (Å²) in [5.74, 6) is 0.339. The van der Waals surface area contributed by atoms with Crippen LogP contribution in [0.3, 0.4) is 0 Å². The number of nitrogens with two attached hydrogens (primary N) is 1. The number of rotatable bonds is 2. The van der Waals surface area contributed by atoms with Crippen molar-refractivity contribution >= 4 is 5.95 Å². The molecule has 0 amide bonds. The average Bonchev–Trinajstić information content (AvgIpc) is 2.64. The minimum atomic E-state index is 0.0567. The molecule has 2 aromatic rings. The molecular formula is C10H13N5. The highest BCUT2D eigenvalue weighted by atomic mass is 15.6. The number of anilines is 1. The summed E-state index contributed by atoms with van der Waals surface area (Å²) in [5.41, 5.74) is 8.04. The van der Waals surface area contributed by atoms with Crippen molar-refractivity contribution < 1.29 is 0 Å². The second-order valence-electron chi connectivity index (χ2n) is 3.51. The molecule has 78 valence electrons. The van der Waals surface area contributed by atoms with Gasteiger partial charge in [0.1, 0.15) is 0 Å². The van der Waals surface area contributed by atoms with Gasteiger partial charge in [0.15, 0.2) is 0 Å². The van der Waals surface area contributed by atoms with Crippen LogP contribution in [0.15, 0.2) is 24.3 Å². The van der Waals surface area contributed by atoms with Crippen molar-refractivity contribution in [3.05, 3.63) is 35.4 Å². The first kappa shape index (κ1) is 9.64. The lowest BCUT2D eigenvalue weighted by Crippen LogP contribution is -2.12. The number of hydrogen-bond donors (Lipinski definition) is 1. The molecule has 5 heteroatoms. The van der Waals surface area contributed by atoms with Gasteiger partial charge >= 0.3 is 0 Å². The Morgan fingerprint density at radius 3 is 2.67 bits per heavy atom. The van der Waals surface area contributed by atoms with E-state index in [0.29, 0.717) is 5.95 Å². The lowest BCUT2D eigenvalue weighted by molar-refractivity contribution is 0.548. The van der Waals surface area contributed by atoms with Crippen LogP contribution in [-0.2, 0) is 0 Å². The Balaban J connectivity index is 2.41. The monoisotopic (exact) mass is 203 g/mol. The van der Waals surface area contributed by atoms with E-state index >= 15 is 0 Å². The topological polar surface area (TPSA) is 69.6 Å². The molecule has 0 aliphatic carbocycles. The largest absolute Gasteiger partial charge is 0.367 e. The first-order valence-electron chi connectivity index (χ1n) is 4.79. The van der Waals surface area contributed by atoms with Gasteiger partial charge in [-0.2, -0.15) is 0 Å². The molecule has 5 nitrogen and oxygen atoms in total. The van der Waals surface area contributed by atoms with Gasteiger partial charge in [-0.05, 0) is 35.4 Å². The third-order valence-electron chi connectivity index (χ3n) is 2.52. The minimum Gasteiger partial charge on any atom is -0.367 e. The van der Waals surface area contributed by atoms with Crippen molar-refractivity contribution in [2.75, 3.05) is 5.73 Å². The number of nitrogen functional groups attached to an aromatic ring is 1. The molecule has 0 aliphatic rings. The van der Waals surface area contributed by atoms with Crippen LogP contribution in [0.5, 0.6) is 0 Å². The third kappa shape index (κ3) is 1.68. The number of aryl methyl sites for hydroxylation is 1. The molecule has 0 saturated heterocycles. The van der Waals surface area contributed by atoms with Gasteiger partial charge in [-0.3, -0.25) is 0 Å². The Hall–Kier alpha value is -1.91. The highest BCUT2D eigenvalue weighted by Crippen LogP contribution is 2.21. The van der Waals surface area contributed by atoms with Crippen LogP contribution >= 0.6 is 0 Å². The van der Waals surface area contributed by atoms with Crippen molar-refractivity contribution in [1.29, 1.82) is 0 Å². The second-order valence-corrected chi connectivity index (χ2v) is 3.51. The molecule has 1 heterocycles. The summed E-state index contributed by atoms with van der Waals surface area (Å²) >= 11 is 0. The van der Waals surface area contributed by atoms with Crippen LogP contribution in [-0.4, -0.2) is 20.2 Å². The zero-order chi connectivity index (χ0) is 10.8. The fraction of sp³-hybridized carbons (Fsp3) is 0.300. The number of aromatic nitrogens is 4. The van der Waals surface area contributed by atoms with Crippen molar-refractivity contribution in [1.82, 2.24) is 20.2 Å². The van der Waals surface area contributed by atoms with Crippen LogP contribution in [0.25, 0.3) is 0 Å². The predicted molar refractivity (Wildman–Crippen MR) is 57.2 cm³/mol. The molecule has 1 atom stereocenters. The SMILES string of the molecule is Cc1ccccc1C(C)n1nnnc1N. The molecule has 0 saturated carbocycles. The molecule has 1 unspecified atom stereocenters. The number of benzene rings is 1. The highest BCUT2D eigenvalue weighted by molar-refractivity contribution is 5.30. The van der Waals surface area contributed by atoms with Crippen LogP contribution < -0.4 is 5.73 Å². The van der Waals surface area contributed by atoms with Crippen LogP contribution in [0.1, 0.15) is 24.1 Å². The van der Waals surface area contributed by atoms with E-state index in [9.17, 15) is 0 Å². The van der Waals surface area contributed by atoms with E-state index < -0.39 is 0 Å². The summed E-state index contributed by atoms with van der Waals surface area (Å²) in [4.78, 5) is 0. The van der Waals surface area contributed by atoms with E-state index in [1.807, 2.05) is 19.1 Å². The Bertz CT molecular complexity index is 462. The van der Waals surface area contributed by atoms with Gasteiger partial charge in [-0.25, -0.2) is 4.68 Å². The quantitative estimate of drug-likeness (QED) is 0.795. The third-order valence-corrected chi connectivity index (χ3v) is 2.52. The molecule has 15 heavy (non-hydrogen) atoms. The van der Waals surface area contributed by atoms with Crippen molar-refractivity contribution in [3.8, 4) is 0 Å². The Morgan fingerprint density at radius 1 is 1.33 bits per heavy atom. The van der Waals surface area contributed by atoms with Crippen molar-refractivity contribution in [3.63, 3.8) is 0 Å². The first-order valence-corrected chi connectivity index (χ1v) is 4.79. The maximum atomic E-state index is 5.66. The molecule has 0 aliphatic heterocycles. The molecule has 1 aromatic carbocycles.